The highest BCUT2D eigenvalue weighted by atomic mass is 16.5. The molecular weight excluding hydrogens is 190 g/mol. The minimum Gasteiger partial charge on any atom is -0.496 e. The molecule has 0 amide bonds. The van der Waals surface area contributed by atoms with Crippen molar-refractivity contribution in [2.45, 2.75) is 26.2 Å². The van der Waals surface area contributed by atoms with Crippen LogP contribution in [0.25, 0.3) is 0 Å². The van der Waals surface area contributed by atoms with Gasteiger partial charge in [-0.25, -0.2) is 0 Å². The Morgan fingerprint density at radius 3 is 2.47 bits per heavy atom. The molecule has 3 heteroatoms. The molecule has 15 heavy (non-hydrogen) atoms. The number of hydrogen-bond donors (Lipinski definition) is 1. The molecule has 3 nitrogen and oxygen atoms in total. The highest BCUT2D eigenvalue weighted by Gasteiger charge is 2.18. The number of rotatable bonds is 2. The molecule has 0 atom stereocenters. The van der Waals surface area contributed by atoms with Gasteiger partial charge < -0.3 is 9.94 Å². The van der Waals surface area contributed by atoms with Gasteiger partial charge in [-0.2, -0.15) is 0 Å². The molecule has 0 radical (unpaired) electrons. The van der Waals surface area contributed by atoms with Gasteiger partial charge in [0.25, 0.3) is 0 Å². The molecule has 0 unspecified atom stereocenters. The molecule has 0 spiro atoms. The lowest BCUT2D eigenvalue weighted by atomic mass is 9.85. The molecule has 0 aliphatic heterocycles. The minimum atomic E-state index is 0.00461. The van der Waals surface area contributed by atoms with Crippen LogP contribution < -0.4 is 4.74 Å². The van der Waals surface area contributed by atoms with Gasteiger partial charge in [-0.1, -0.05) is 25.9 Å². The van der Waals surface area contributed by atoms with Crippen LogP contribution in [0.5, 0.6) is 5.75 Å². The summed E-state index contributed by atoms with van der Waals surface area (Å²) in [4.78, 5) is 0. The molecular formula is C12H17NO2. The summed E-state index contributed by atoms with van der Waals surface area (Å²) in [5, 5.41) is 11.5. The Morgan fingerprint density at radius 1 is 1.33 bits per heavy atom. The number of ether oxygens (including phenoxy) is 1. The summed E-state index contributed by atoms with van der Waals surface area (Å²) in [5.74, 6) is 0.859. The van der Waals surface area contributed by atoms with Crippen LogP contribution in [-0.2, 0) is 5.41 Å². The van der Waals surface area contributed by atoms with Gasteiger partial charge in [0.2, 0.25) is 0 Å². The standard InChI is InChI=1S/C12H17NO2/c1-12(2,3)10-7-9(8-13-14)5-6-11(10)15-4/h5-8,14H,1-4H3/b13-8+. The van der Waals surface area contributed by atoms with Crippen LogP contribution in [0.4, 0.5) is 0 Å². The van der Waals surface area contributed by atoms with Crippen molar-refractivity contribution in [3.63, 3.8) is 0 Å². The minimum absolute atomic E-state index is 0.00461. The first kappa shape index (κ1) is 11.6. The second-order valence-electron chi connectivity index (χ2n) is 4.45. The van der Waals surface area contributed by atoms with E-state index in [2.05, 4.69) is 25.9 Å². The Morgan fingerprint density at radius 2 is 2.00 bits per heavy atom. The SMILES string of the molecule is COc1ccc(/C=N/O)cc1C(C)(C)C. The van der Waals surface area contributed by atoms with Crippen molar-refractivity contribution in [1.29, 1.82) is 0 Å². The van der Waals surface area contributed by atoms with E-state index in [9.17, 15) is 0 Å². The predicted molar refractivity (Wildman–Crippen MR) is 61.1 cm³/mol. The molecule has 0 aromatic heterocycles. The van der Waals surface area contributed by atoms with E-state index in [1.807, 2.05) is 18.2 Å². The van der Waals surface area contributed by atoms with E-state index in [0.29, 0.717) is 0 Å². The number of nitrogens with zero attached hydrogens (tertiary/aromatic N) is 1. The Balaban J connectivity index is 3.25. The summed E-state index contributed by atoms with van der Waals surface area (Å²) in [6.07, 6.45) is 1.41. The van der Waals surface area contributed by atoms with Crippen LogP contribution in [0.15, 0.2) is 23.4 Å². The molecule has 82 valence electrons. The summed E-state index contributed by atoms with van der Waals surface area (Å²) in [7, 11) is 1.66. The normalized spacial score (nSPS) is 12.0. The fourth-order valence-electron chi connectivity index (χ4n) is 1.46. The summed E-state index contributed by atoms with van der Waals surface area (Å²) in [6.45, 7) is 6.35. The van der Waals surface area contributed by atoms with E-state index in [4.69, 9.17) is 9.94 Å². The fraction of sp³-hybridized carbons (Fsp3) is 0.417. The predicted octanol–water partition coefficient (Wildman–Crippen LogP) is 2.80. The first-order chi connectivity index (χ1) is 6.99. The van der Waals surface area contributed by atoms with Gasteiger partial charge in [0.1, 0.15) is 5.75 Å². The summed E-state index contributed by atoms with van der Waals surface area (Å²) in [5.41, 5.74) is 1.97. The second-order valence-corrected chi connectivity index (χ2v) is 4.45. The van der Waals surface area contributed by atoms with Gasteiger partial charge in [0.15, 0.2) is 0 Å². The Bertz CT molecular complexity index is 364. The van der Waals surface area contributed by atoms with Gasteiger partial charge in [-0.15, -0.1) is 0 Å². The number of oxime groups is 1. The molecule has 0 heterocycles. The van der Waals surface area contributed by atoms with Crippen LogP contribution in [0.1, 0.15) is 31.9 Å². The van der Waals surface area contributed by atoms with Gasteiger partial charge in [-0.3, -0.25) is 0 Å². The molecule has 0 fully saturated rings. The van der Waals surface area contributed by atoms with E-state index in [1.54, 1.807) is 7.11 Å². The van der Waals surface area contributed by atoms with Crippen LogP contribution in [0.2, 0.25) is 0 Å². The molecule has 1 aromatic rings. The fourth-order valence-corrected chi connectivity index (χ4v) is 1.46. The van der Waals surface area contributed by atoms with Gasteiger partial charge in [-0.05, 0) is 29.2 Å². The van der Waals surface area contributed by atoms with Crippen LogP contribution >= 0.6 is 0 Å². The summed E-state index contributed by atoms with van der Waals surface area (Å²) in [6, 6.07) is 5.71. The first-order valence-electron chi connectivity index (χ1n) is 4.85. The highest BCUT2D eigenvalue weighted by molar-refractivity contribution is 5.80. The van der Waals surface area contributed by atoms with E-state index >= 15 is 0 Å². The maximum atomic E-state index is 8.48. The summed E-state index contributed by atoms with van der Waals surface area (Å²) >= 11 is 0. The number of hydrogen-bond acceptors (Lipinski definition) is 3. The molecule has 0 aliphatic carbocycles. The maximum absolute atomic E-state index is 8.48. The lowest BCUT2D eigenvalue weighted by molar-refractivity contribution is 0.322. The zero-order chi connectivity index (χ0) is 11.5. The number of benzene rings is 1. The summed E-state index contributed by atoms with van der Waals surface area (Å²) < 4.78 is 5.30. The van der Waals surface area contributed by atoms with Crippen molar-refractivity contribution in [3.05, 3.63) is 29.3 Å². The molecule has 0 saturated carbocycles. The lowest BCUT2D eigenvalue weighted by Crippen LogP contribution is -2.13. The van der Waals surface area contributed by atoms with Crippen LogP contribution in [0.3, 0.4) is 0 Å². The molecule has 0 bridgehead atoms. The van der Waals surface area contributed by atoms with E-state index in [0.717, 1.165) is 16.9 Å². The average molecular weight is 207 g/mol. The monoisotopic (exact) mass is 207 g/mol. The zero-order valence-electron chi connectivity index (χ0n) is 9.61. The molecule has 0 saturated heterocycles. The van der Waals surface area contributed by atoms with Gasteiger partial charge in [0.05, 0.1) is 13.3 Å². The van der Waals surface area contributed by atoms with Crippen molar-refractivity contribution < 1.29 is 9.94 Å². The van der Waals surface area contributed by atoms with E-state index in [1.165, 1.54) is 6.21 Å². The third-order valence-electron chi connectivity index (χ3n) is 2.24. The van der Waals surface area contributed by atoms with Crippen LogP contribution in [0, 0.1) is 0 Å². The Labute approximate surface area is 90.4 Å². The molecule has 1 aromatic carbocycles. The Hall–Kier alpha value is -1.51. The smallest absolute Gasteiger partial charge is 0.122 e. The quantitative estimate of drug-likeness (QED) is 0.460. The third-order valence-corrected chi connectivity index (χ3v) is 2.24. The van der Waals surface area contributed by atoms with E-state index in [-0.39, 0.29) is 5.41 Å². The van der Waals surface area contributed by atoms with Crippen molar-refractivity contribution in [2.24, 2.45) is 5.16 Å². The van der Waals surface area contributed by atoms with E-state index < -0.39 is 0 Å². The lowest BCUT2D eigenvalue weighted by Gasteiger charge is -2.22. The zero-order valence-corrected chi connectivity index (χ0v) is 9.61. The van der Waals surface area contributed by atoms with Gasteiger partial charge in [0, 0.05) is 5.56 Å². The van der Waals surface area contributed by atoms with Crippen molar-refractivity contribution >= 4 is 6.21 Å². The van der Waals surface area contributed by atoms with Crippen LogP contribution in [-0.4, -0.2) is 18.5 Å². The topological polar surface area (TPSA) is 41.8 Å². The maximum Gasteiger partial charge on any atom is 0.122 e. The number of methoxy groups -OCH3 is 1. The third kappa shape index (κ3) is 2.72. The second kappa shape index (κ2) is 4.34. The highest BCUT2D eigenvalue weighted by Crippen LogP contribution is 2.31. The molecule has 1 N–H and O–H groups in total. The Kier molecular flexibility index (Phi) is 3.35. The van der Waals surface area contributed by atoms with Crippen molar-refractivity contribution in [3.8, 4) is 5.75 Å². The first-order valence-corrected chi connectivity index (χ1v) is 4.85. The molecule has 0 aliphatic rings. The van der Waals surface area contributed by atoms with Gasteiger partial charge >= 0.3 is 0 Å². The van der Waals surface area contributed by atoms with Crippen molar-refractivity contribution in [2.75, 3.05) is 7.11 Å². The molecule has 1 rings (SSSR count). The average Bonchev–Trinajstić information content (AvgIpc) is 2.17. The van der Waals surface area contributed by atoms with Crippen molar-refractivity contribution in [1.82, 2.24) is 0 Å². The largest absolute Gasteiger partial charge is 0.496 e.